The van der Waals surface area contributed by atoms with E-state index in [0.29, 0.717) is 30.7 Å². The lowest BCUT2D eigenvalue weighted by molar-refractivity contribution is 0.134. The molecule has 0 unspecified atom stereocenters. The standard InChI is InChI=1S/C20H24FN5O4S/c21-15-10-8-14(9-11-15)13-30-20(27)26-18(7-3-4-12-23-31(22,28)29)19-24-16-5-1-2-6-17(16)25-19/h1-2,5-6,8-11,18,23H,3-4,7,12-13H2,(H,24,25)(H,26,27)(H2,22,28,29)/t18-/m0/s1. The Hall–Kier alpha value is -3.02. The fourth-order valence-corrected chi connectivity index (χ4v) is 3.44. The van der Waals surface area contributed by atoms with E-state index in [4.69, 9.17) is 9.88 Å². The largest absolute Gasteiger partial charge is 0.445 e. The maximum Gasteiger partial charge on any atom is 0.408 e. The summed E-state index contributed by atoms with van der Waals surface area (Å²) in [6, 6.07) is 12.7. The predicted molar refractivity (Wildman–Crippen MR) is 114 cm³/mol. The van der Waals surface area contributed by atoms with Crippen molar-refractivity contribution in [1.29, 1.82) is 0 Å². The Morgan fingerprint density at radius 1 is 1.16 bits per heavy atom. The number of amides is 1. The Balaban J connectivity index is 1.61. The van der Waals surface area contributed by atoms with Crippen LogP contribution in [0.15, 0.2) is 48.5 Å². The monoisotopic (exact) mass is 449 g/mol. The van der Waals surface area contributed by atoms with Crippen LogP contribution in [0.25, 0.3) is 11.0 Å². The number of ether oxygens (including phenoxy) is 1. The number of hydrogen-bond donors (Lipinski definition) is 4. The summed E-state index contributed by atoms with van der Waals surface area (Å²) in [5.74, 6) is 0.203. The summed E-state index contributed by atoms with van der Waals surface area (Å²) < 4.78 is 42.4. The normalized spacial score (nSPS) is 12.6. The van der Waals surface area contributed by atoms with E-state index < -0.39 is 22.3 Å². The van der Waals surface area contributed by atoms with Gasteiger partial charge in [-0.15, -0.1) is 0 Å². The number of unbranched alkanes of at least 4 members (excludes halogenated alkanes) is 1. The summed E-state index contributed by atoms with van der Waals surface area (Å²) in [6.07, 6.45) is 0.983. The van der Waals surface area contributed by atoms with Gasteiger partial charge < -0.3 is 15.0 Å². The van der Waals surface area contributed by atoms with Gasteiger partial charge in [0.25, 0.3) is 10.2 Å². The average molecular weight is 450 g/mol. The molecule has 11 heteroatoms. The highest BCUT2D eigenvalue weighted by Crippen LogP contribution is 2.21. The number of halogens is 1. The van der Waals surface area contributed by atoms with E-state index in [1.807, 2.05) is 24.3 Å². The van der Waals surface area contributed by atoms with Gasteiger partial charge in [0.2, 0.25) is 0 Å². The molecular formula is C20H24FN5O4S. The number of benzene rings is 2. The second-order valence-electron chi connectivity index (χ2n) is 6.97. The molecule has 31 heavy (non-hydrogen) atoms. The molecule has 0 aliphatic rings. The number of H-pyrrole nitrogens is 1. The topological polar surface area (TPSA) is 139 Å². The van der Waals surface area contributed by atoms with E-state index in [1.165, 1.54) is 24.3 Å². The van der Waals surface area contributed by atoms with Gasteiger partial charge in [-0.2, -0.15) is 8.42 Å². The molecule has 3 aromatic rings. The van der Waals surface area contributed by atoms with Gasteiger partial charge in [0, 0.05) is 6.54 Å². The zero-order valence-corrected chi connectivity index (χ0v) is 17.5. The van der Waals surface area contributed by atoms with Crippen LogP contribution in [0.5, 0.6) is 0 Å². The number of carbonyl (C=O) groups excluding carboxylic acids is 1. The summed E-state index contributed by atoms with van der Waals surface area (Å²) >= 11 is 0. The van der Waals surface area contributed by atoms with E-state index in [1.54, 1.807) is 0 Å². The molecule has 0 bridgehead atoms. The fraction of sp³-hybridized carbons (Fsp3) is 0.300. The fourth-order valence-electron chi connectivity index (χ4n) is 3.02. The molecule has 0 radical (unpaired) electrons. The summed E-state index contributed by atoms with van der Waals surface area (Å²) in [4.78, 5) is 20.1. The Morgan fingerprint density at radius 3 is 2.61 bits per heavy atom. The summed E-state index contributed by atoms with van der Waals surface area (Å²) in [6.45, 7) is 0.192. The van der Waals surface area contributed by atoms with Gasteiger partial charge in [0.05, 0.1) is 17.1 Å². The second kappa shape index (κ2) is 10.3. The predicted octanol–water partition coefficient (Wildman–Crippen LogP) is 2.63. The molecule has 0 saturated heterocycles. The van der Waals surface area contributed by atoms with E-state index in [-0.39, 0.29) is 19.0 Å². The van der Waals surface area contributed by atoms with Crippen molar-refractivity contribution < 1.29 is 22.3 Å². The van der Waals surface area contributed by atoms with Gasteiger partial charge in [-0.05, 0) is 49.1 Å². The molecule has 1 heterocycles. The van der Waals surface area contributed by atoms with Gasteiger partial charge in [-0.25, -0.2) is 24.0 Å². The van der Waals surface area contributed by atoms with E-state index in [0.717, 1.165) is 11.0 Å². The van der Waals surface area contributed by atoms with Crippen molar-refractivity contribution in [1.82, 2.24) is 20.0 Å². The van der Waals surface area contributed by atoms with Gasteiger partial charge in [-0.1, -0.05) is 24.3 Å². The Bertz CT molecular complexity index is 1090. The number of nitrogens with one attached hydrogen (secondary N) is 3. The molecule has 0 saturated carbocycles. The first-order chi connectivity index (χ1) is 14.8. The van der Waals surface area contributed by atoms with Crippen LogP contribution in [0.1, 0.15) is 36.7 Å². The maximum atomic E-state index is 13.0. The van der Waals surface area contributed by atoms with Gasteiger partial charge in [0.1, 0.15) is 18.2 Å². The van der Waals surface area contributed by atoms with E-state index in [2.05, 4.69) is 20.0 Å². The number of aromatic amines is 1. The third-order valence-electron chi connectivity index (χ3n) is 4.54. The summed E-state index contributed by atoms with van der Waals surface area (Å²) in [7, 11) is -3.73. The first-order valence-corrected chi connectivity index (χ1v) is 11.2. The minimum atomic E-state index is -3.73. The lowest BCUT2D eigenvalue weighted by Gasteiger charge is -2.17. The smallest absolute Gasteiger partial charge is 0.408 e. The van der Waals surface area contributed by atoms with Gasteiger partial charge in [0.15, 0.2) is 0 Å². The van der Waals surface area contributed by atoms with Gasteiger partial charge >= 0.3 is 6.09 Å². The van der Waals surface area contributed by atoms with Crippen molar-refractivity contribution in [3.8, 4) is 0 Å². The van der Waals surface area contributed by atoms with Crippen molar-refractivity contribution in [2.75, 3.05) is 6.54 Å². The number of rotatable bonds is 10. The van der Waals surface area contributed by atoms with Crippen molar-refractivity contribution in [3.05, 3.63) is 65.7 Å². The third kappa shape index (κ3) is 7.31. The zero-order chi connectivity index (χ0) is 22.3. The van der Waals surface area contributed by atoms with Crippen LogP contribution in [0.3, 0.4) is 0 Å². The third-order valence-corrected chi connectivity index (χ3v) is 5.14. The number of fused-ring (bicyclic) bond motifs is 1. The zero-order valence-electron chi connectivity index (χ0n) is 16.7. The Kier molecular flexibility index (Phi) is 7.55. The minimum absolute atomic E-state index is 0.00273. The van der Waals surface area contributed by atoms with E-state index >= 15 is 0 Å². The highest BCUT2D eigenvalue weighted by Gasteiger charge is 2.19. The molecule has 1 atom stereocenters. The van der Waals surface area contributed by atoms with Crippen LogP contribution >= 0.6 is 0 Å². The number of nitrogens with zero attached hydrogens (tertiary/aromatic N) is 1. The maximum absolute atomic E-state index is 13.0. The summed E-state index contributed by atoms with van der Waals surface area (Å²) in [5, 5.41) is 7.71. The first-order valence-electron chi connectivity index (χ1n) is 9.70. The van der Waals surface area contributed by atoms with Crippen LogP contribution in [-0.4, -0.2) is 31.0 Å². The molecule has 0 fully saturated rings. The van der Waals surface area contributed by atoms with Crippen molar-refractivity contribution in [3.63, 3.8) is 0 Å². The molecule has 9 nitrogen and oxygen atoms in total. The van der Waals surface area contributed by atoms with Crippen molar-refractivity contribution in [2.24, 2.45) is 5.14 Å². The quantitative estimate of drug-likeness (QED) is 0.352. The average Bonchev–Trinajstić information content (AvgIpc) is 3.15. The molecule has 166 valence electrons. The number of hydrogen-bond acceptors (Lipinski definition) is 5. The van der Waals surface area contributed by atoms with E-state index in [9.17, 15) is 17.6 Å². The minimum Gasteiger partial charge on any atom is -0.445 e. The highest BCUT2D eigenvalue weighted by molar-refractivity contribution is 7.87. The Morgan fingerprint density at radius 2 is 1.90 bits per heavy atom. The lowest BCUT2D eigenvalue weighted by atomic mass is 10.1. The molecule has 0 aliphatic carbocycles. The van der Waals surface area contributed by atoms with Crippen LogP contribution in [0.4, 0.5) is 9.18 Å². The highest BCUT2D eigenvalue weighted by atomic mass is 32.2. The molecule has 5 N–H and O–H groups in total. The molecule has 3 rings (SSSR count). The molecule has 1 aromatic heterocycles. The molecule has 2 aromatic carbocycles. The molecule has 0 aliphatic heterocycles. The van der Waals surface area contributed by atoms with Gasteiger partial charge in [-0.3, -0.25) is 0 Å². The number of carbonyl (C=O) groups is 1. The molecular weight excluding hydrogens is 425 g/mol. The Labute approximate surface area is 179 Å². The summed E-state index contributed by atoms with van der Waals surface area (Å²) in [5.41, 5.74) is 2.26. The van der Waals surface area contributed by atoms with Crippen LogP contribution in [-0.2, 0) is 21.6 Å². The number of para-hydroxylation sites is 2. The van der Waals surface area contributed by atoms with Crippen LogP contribution in [0, 0.1) is 5.82 Å². The number of alkyl carbamates (subject to hydrolysis) is 1. The van der Waals surface area contributed by atoms with Crippen LogP contribution < -0.4 is 15.2 Å². The van der Waals surface area contributed by atoms with Crippen molar-refractivity contribution >= 4 is 27.3 Å². The number of imidazole rings is 1. The number of aromatic nitrogens is 2. The second-order valence-corrected chi connectivity index (χ2v) is 8.35. The first kappa shape index (κ1) is 22.7. The molecule has 1 amide bonds. The van der Waals surface area contributed by atoms with Crippen molar-refractivity contribution in [2.45, 2.75) is 31.9 Å². The SMILES string of the molecule is NS(=O)(=O)NCCCC[C@H](NC(=O)OCc1ccc(F)cc1)c1nc2ccccc2[nH]1. The lowest BCUT2D eigenvalue weighted by Crippen LogP contribution is -2.32. The number of nitrogens with two attached hydrogens (primary N) is 1. The van der Waals surface area contributed by atoms with Crippen LogP contribution in [0.2, 0.25) is 0 Å². The molecule has 0 spiro atoms.